The quantitative estimate of drug-likeness (QED) is 0.891. The maximum Gasteiger partial charge on any atom is 0.220 e. The van der Waals surface area contributed by atoms with Crippen LogP contribution >= 0.6 is 11.3 Å². The fourth-order valence-electron chi connectivity index (χ4n) is 2.62. The molecule has 0 saturated heterocycles. The molecular formula is C16H21N3OS. The molecule has 0 radical (unpaired) electrons. The normalized spacial score (nSPS) is 15.9. The molecule has 1 aliphatic carbocycles. The van der Waals surface area contributed by atoms with Crippen LogP contribution in [0.1, 0.15) is 41.6 Å². The van der Waals surface area contributed by atoms with Crippen LogP contribution in [0.3, 0.4) is 0 Å². The zero-order valence-electron chi connectivity index (χ0n) is 12.5. The molecule has 1 amide bonds. The van der Waals surface area contributed by atoms with Crippen molar-refractivity contribution in [3.8, 4) is 0 Å². The molecule has 1 saturated carbocycles. The second kappa shape index (κ2) is 6.02. The summed E-state index contributed by atoms with van der Waals surface area (Å²) >= 11 is 1.71. The predicted octanol–water partition coefficient (Wildman–Crippen LogP) is 3.07. The van der Waals surface area contributed by atoms with Crippen LogP contribution in [0.4, 0.5) is 0 Å². The van der Waals surface area contributed by atoms with Gasteiger partial charge in [0.25, 0.3) is 0 Å². The Labute approximate surface area is 129 Å². The summed E-state index contributed by atoms with van der Waals surface area (Å²) in [6.45, 7) is 4.67. The van der Waals surface area contributed by atoms with Crippen molar-refractivity contribution in [3.05, 3.63) is 39.8 Å². The molecule has 21 heavy (non-hydrogen) atoms. The minimum atomic E-state index is 0.0850. The van der Waals surface area contributed by atoms with Crippen molar-refractivity contribution in [2.24, 2.45) is 5.92 Å². The van der Waals surface area contributed by atoms with Gasteiger partial charge in [0, 0.05) is 23.5 Å². The molecular weight excluding hydrogens is 282 g/mol. The van der Waals surface area contributed by atoms with E-state index < -0.39 is 0 Å². The van der Waals surface area contributed by atoms with Crippen LogP contribution in [0.2, 0.25) is 0 Å². The monoisotopic (exact) mass is 303 g/mol. The van der Waals surface area contributed by atoms with Gasteiger partial charge >= 0.3 is 0 Å². The third-order valence-corrected chi connectivity index (χ3v) is 4.85. The van der Waals surface area contributed by atoms with Crippen molar-refractivity contribution < 1.29 is 4.79 Å². The van der Waals surface area contributed by atoms with E-state index >= 15 is 0 Å². The number of amides is 1. The van der Waals surface area contributed by atoms with E-state index in [0.29, 0.717) is 18.9 Å². The van der Waals surface area contributed by atoms with Crippen LogP contribution in [0.25, 0.3) is 0 Å². The molecule has 3 rings (SSSR count). The summed E-state index contributed by atoms with van der Waals surface area (Å²) in [5, 5.41) is 9.74. The average Bonchev–Trinajstić information content (AvgIpc) is 2.96. The first kappa shape index (κ1) is 14.3. The van der Waals surface area contributed by atoms with Gasteiger partial charge in [0.15, 0.2) is 0 Å². The van der Waals surface area contributed by atoms with E-state index in [1.165, 1.54) is 17.7 Å². The minimum absolute atomic E-state index is 0.0850. The number of rotatable bonds is 6. The summed E-state index contributed by atoms with van der Waals surface area (Å²) in [7, 11) is 0. The van der Waals surface area contributed by atoms with E-state index in [4.69, 9.17) is 0 Å². The highest BCUT2D eigenvalue weighted by atomic mass is 32.1. The first-order valence-corrected chi connectivity index (χ1v) is 8.34. The van der Waals surface area contributed by atoms with Crippen molar-refractivity contribution >= 4 is 17.2 Å². The summed E-state index contributed by atoms with van der Waals surface area (Å²) in [5.41, 5.74) is 2.14. The van der Waals surface area contributed by atoms with Crippen LogP contribution < -0.4 is 5.32 Å². The lowest BCUT2D eigenvalue weighted by molar-refractivity contribution is -0.121. The molecule has 0 bridgehead atoms. The van der Waals surface area contributed by atoms with Crippen LogP contribution in [0, 0.1) is 19.8 Å². The highest BCUT2D eigenvalue weighted by molar-refractivity contribution is 7.10. The Bertz CT molecular complexity index is 614. The van der Waals surface area contributed by atoms with Gasteiger partial charge in [-0.2, -0.15) is 5.10 Å². The van der Waals surface area contributed by atoms with Crippen LogP contribution in [-0.4, -0.2) is 22.2 Å². The summed E-state index contributed by atoms with van der Waals surface area (Å²) < 4.78 is 2.03. The van der Waals surface area contributed by atoms with Crippen molar-refractivity contribution in [2.45, 2.75) is 39.2 Å². The summed E-state index contributed by atoms with van der Waals surface area (Å²) in [5.74, 6) is 0.791. The molecule has 2 aromatic heterocycles. The van der Waals surface area contributed by atoms with Crippen LogP contribution in [-0.2, 0) is 4.79 Å². The molecule has 1 atom stereocenters. The van der Waals surface area contributed by atoms with Crippen LogP contribution in [0.15, 0.2) is 23.6 Å². The van der Waals surface area contributed by atoms with Crippen molar-refractivity contribution in [1.82, 2.24) is 15.1 Å². The van der Waals surface area contributed by atoms with Gasteiger partial charge < -0.3 is 5.32 Å². The number of hydrogen-bond acceptors (Lipinski definition) is 3. The summed E-state index contributed by atoms with van der Waals surface area (Å²) in [6.07, 6.45) is 3.09. The second-order valence-corrected chi connectivity index (χ2v) is 6.83. The SMILES string of the molecule is Cc1cc(C)n(C(CNC(=O)CC2CC2)c2cccs2)n1. The largest absolute Gasteiger partial charge is 0.354 e. The zero-order valence-corrected chi connectivity index (χ0v) is 13.3. The van der Waals surface area contributed by atoms with Gasteiger partial charge in [-0.05, 0) is 50.1 Å². The topological polar surface area (TPSA) is 46.9 Å². The van der Waals surface area contributed by atoms with E-state index in [1.54, 1.807) is 11.3 Å². The van der Waals surface area contributed by atoms with Gasteiger partial charge in [-0.1, -0.05) is 6.07 Å². The minimum Gasteiger partial charge on any atom is -0.354 e. The van der Waals surface area contributed by atoms with Gasteiger partial charge in [0.05, 0.1) is 5.69 Å². The molecule has 0 aromatic carbocycles. The fraction of sp³-hybridized carbons (Fsp3) is 0.500. The van der Waals surface area contributed by atoms with E-state index in [1.807, 2.05) is 17.7 Å². The average molecular weight is 303 g/mol. The molecule has 1 fully saturated rings. The van der Waals surface area contributed by atoms with Gasteiger partial charge in [-0.25, -0.2) is 0 Å². The number of aryl methyl sites for hydroxylation is 2. The Hall–Kier alpha value is -1.62. The number of aromatic nitrogens is 2. The second-order valence-electron chi connectivity index (χ2n) is 5.85. The molecule has 0 aliphatic heterocycles. The summed E-state index contributed by atoms with van der Waals surface area (Å²) in [4.78, 5) is 13.2. The number of carbonyl (C=O) groups is 1. The predicted molar refractivity (Wildman–Crippen MR) is 84.5 cm³/mol. The molecule has 1 aliphatic rings. The standard InChI is InChI=1S/C16H21N3OS/c1-11-8-12(2)19(18-11)14(15-4-3-7-21-15)10-17-16(20)9-13-5-6-13/h3-4,7-8,13-14H,5-6,9-10H2,1-2H3,(H,17,20). The fourth-order valence-corrected chi connectivity index (χ4v) is 3.43. The lowest BCUT2D eigenvalue weighted by atomic mass is 10.2. The molecule has 2 aromatic rings. The van der Waals surface area contributed by atoms with E-state index in [9.17, 15) is 4.79 Å². The van der Waals surface area contributed by atoms with Crippen molar-refractivity contribution in [2.75, 3.05) is 6.54 Å². The first-order chi connectivity index (χ1) is 10.1. The summed E-state index contributed by atoms with van der Waals surface area (Å²) in [6, 6.07) is 6.32. The Morgan fingerprint density at radius 2 is 2.33 bits per heavy atom. The Morgan fingerprint density at radius 1 is 1.52 bits per heavy atom. The lowest BCUT2D eigenvalue weighted by Crippen LogP contribution is -2.32. The van der Waals surface area contributed by atoms with Crippen molar-refractivity contribution in [3.63, 3.8) is 0 Å². The number of hydrogen-bond donors (Lipinski definition) is 1. The molecule has 1 N–H and O–H groups in total. The molecule has 2 heterocycles. The van der Waals surface area contributed by atoms with Gasteiger partial charge in [0.2, 0.25) is 5.91 Å². The third-order valence-electron chi connectivity index (χ3n) is 3.88. The smallest absolute Gasteiger partial charge is 0.220 e. The highest BCUT2D eigenvalue weighted by Gasteiger charge is 2.25. The maximum absolute atomic E-state index is 12.0. The Morgan fingerprint density at radius 3 is 2.90 bits per heavy atom. The lowest BCUT2D eigenvalue weighted by Gasteiger charge is -2.19. The molecule has 1 unspecified atom stereocenters. The van der Waals surface area contributed by atoms with Gasteiger partial charge in [-0.15, -0.1) is 11.3 Å². The number of nitrogens with zero attached hydrogens (tertiary/aromatic N) is 2. The molecule has 4 nitrogen and oxygen atoms in total. The highest BCUT2D eigenvalue weighted by Crippen LogP contribution is 2.32. The number of thiophene rings is 1. The van der Waals surface area contributed by atoms with Gasteiger partial charge in [-0.3, -0.25) is 9.48 Å². The zero-order chi connectivity index (χ0) is 14.8. The molecule has 0 spiro atoms. The van der Waals surface area contributed by atoms with Crippen molar-refractivity contribution in [1.29, 1.82) is 0 Å². The first-order valence-electron chi connectivity index (χ1n) is 7.46. The Kier molecular flexibility index (Phi) is 4.10. The van der Waals surface area contributed by atoms with Gasteiger partial charge in [0.1, 0.15) is 6.04 Å². The van der Waals surface area contributed by atoms with E-state index in [0.717, 1.165) is 11.4 Å². The van der Waals surface area contributed by atoms with E-state index in [-0.39, 0.29) is 11.9 Å². The van der Waals surface area contributed by atoms with Crippen LogP contribution in [0.5, 0.6) is 0 Å². The Balaban J connectivity index is 1.73. The number of carbonyl (C=O) groups excluding carboxylic acids is 1. The number of nitrogens with one attached hydrogen (secondary N) is 1. The third kappa shape index (κ3) is 3.53. The van der Waals surface area contributed by atoms with E-state index in [2.05, 4.69) is 34.9 Å². The molecule has 112 valence electrons. The maximum atomic E-state index is 12.0. The molecule has 5 heteroatoms.